The van der Waals surface area contributed by atoms with Gasteiger partial charge in [-0.05, 0) is 44.2 Å². The van der Waals surface area contributed by atoms with Gasteiger partial charge in [-0.1, -0.05) is 17.7 Å². The van der Waals surface area contributed by atoms with Gasteiger partial charge in [0, 0.05) is 0 Å². The Morgan fingerprint density at radius 3 is 2.35 bits per heavy atom. The van der Waals surface area contributed by atoms with E-state index in [9.17, 15) is 21.6 Å². The van der Waals surface area contributed by atoms with Gasteiger partial charge in [0.05, 0.1) is 28.0 Å². The lowest BCUT2D eigenvalue weighted by atomic mass is 10.1. The standard InChI is InChI=1S/C17H15F3N2O3S/c1-3-25-16-14-10-12(17(18,19)20)6-9-15(14)22(21-16)26(23,24)13-7-4-11(2)5-8-13/h4-10H,3H2,1-2H3. The lowest BCUT2D eigenvalue weighted by Crippen LogP contribution is -2.14. The van der Waals surface area contributed by atoms with E-state index in [0.717, 1.165) is 23.8 Å². The van der Waals surface area contributed by atoms with Gasteiger partial charge in [0.25, 0.3) is 10.0 Å². The van der Waals surface area contributed by atoms with E-state index in [0.29, 0.717) is 4.09 Å². The molecule has 0 radical (unpaired) electrons. The number of nitrogens with zero attached hydrogens (tertiary/aromatic N) is 2. The number of alkyl halides is 3. The van der Waals surface area contributed by atoms with Crippen molar-refractivity contribution in [1.29, 1.82) is 0 Å². The molecule has 0 amide bonds. The molecule has 0 aliphatic heterocycles. The highest BCUT2D eigenvalue weighted by atomic mass is 32.2. The zero-order chi connectivity index (χ0) is 19.1. The summed E-state index contributed by atoms with van der Waals surface area (Å²) < 4.78 is 70.7. The number of rotatable bonds is 4. The van der Waals surface area contributed by atoms with Gasteiger partial charge in [-0.15, -0.1) is 9.19 Å². The number of fused-ring (bicyclic) bond motifs is 1. The van der Waals surface area contributed by atoms with Crippen molar-refractivity contribution in [3.05, 3.63) is 53.6 Å². The minimum absolute atomic E-state index is 0.0158. The average molecular weight is 384 g/mol. The van der Waals surface area contributed by atoms with E-state index in [1.54, 1.807) is 19.1 Å². The Labute approximate surface area is 148 Å². The molecule has 0 fully saturated rings. The van der Waals surface area contributed by atoms with Gasteiger partial charge >= 0.3 is 6.18 Å². The van der Waals surface area contributed by atoms with Crippen LogP contribution in [0.25, 0.3) is 10.9 Å². The Kier molecular flexibility index (Phi) is 4.43. The van der Waals surface area contributed by atoms with Crippen LogP contribution >= 0.6 is 0 Å². The fourth-order valence-corrected chi connectivity index (χ4v) is 3.76. The van der Waals surface area contributed by atoms with Crippen molar-refractivity contribution in [2.75, 3.05) is 6.61 Å². The maximum Gasteiger partial charge on any atom is 0.416 e. The number of ether oxygens (including phenoxy) is 1. The largest absolute Gasteiger partial charge is 0.476 e. The summed E-state index contributed by atoms with van der Waals surface area (Å²) >= 11 is 0. The maximum atomic E-state index is 13.0. The van der Waals surface area contributed by atoms with Crippen LogP contribution in [0, 0.1) is 6.92 Å². The molecular formula is C17H15F3N2O3S. The fraction of sp³-hybridized carbons (Fsp3) is 0.235. The van der Waals surface area contributed by atoms with Crippen molar-refractivity contribution in [3.63, 3.8) is 0 Å². The summed E-state index contributed by atoms with van der Waals surface area (Å²) in [5.74, 6) is -0.163. The number of hydrogen-bond donors (Lipinski definition) is 0. The van der Waals surface area contributed by atoms with E-state index < -0.39 is 21.8 Å². The number of hydrogen-bond acceptors (Lipinski definition) is 4. The molecule has 0 saturated carbocycles. The number of aromatic nitrogens is 2. The molecule has 3 rings (SSSR count). The van der Waals surface area contributed by atoms with Crippen LogP contribution < -0.4 is 4.74 Å². The first-order valence-electron chi connectivity index (χ1n) is 7.69. The maximum absolute atomic E-state index is 13.0. The van der Waals surface area contributed by atoms with Gasteiger partial charge in [-0.2, -0.15) is 21.6 Å². The van der Waals surface area contributed by atoms with Crippen LogP contribution in [0.4, 0.5) is 13.2 Å². The topological polar surface area (TPSA) is 61.2 Å². The Bertz CT molecular complexity index is 1060. The molecule has 0 spiro atoms. The SMILES string of the molecule is CCOc1nn(S(=O)(=O)c2ccc(C)cc2)c2ccc(C(F)(F)F)cc12. The fourth-order valence-electron chi connectivity index (χ4n) is 2.48. The van der Waals surface area contributed by atoms with Gasteiger partial charge in [0.1, 0.15) is 0 Å². The van der Waals surface area contributed by atoms with Crippen LogP contribution in [0.2, 0.25) is 0 Å². The second-order valence-corrected chi connectivity index (χ2v) is 7.40. The summed E-state index contributed by atoms with van der Waals surface area (Å²) in [4.78, 5) is -0.0181. The monoisotopic (exact) mass is 384 g/mol. The van der Waals surface area contributed by atoms with Crippen molar-refractivity contribution < 1.29 is 26.3 Å². The first kappa shape index (κ1) is 18.2. The first-order valence-corrected chi connectivity index (χ1v) is 9.13. The molecule has 0 bridgehead atoms. The van der Waals surface area contributed by atoms with E-state index in [-0.39, 0.29) is 28.3 Å². The molecule has 138 valence electrons. The highest BCUT2D eigenvalue weighted by molar-refractivity contribution is 7.90. The molecule has 3 aromatic rings. The molecule has 26 heavy (non-hydrogen) atoms. The molecule has 0 unspecified atom stereocenters. The predicted molar refractivity (Wildman–Crippen MR) is 89.7 cm³/mol. The van der Waals surface area contributed by atoms with Crippen molar-refractivity contribution in [2.24, 2.45) is 0 Å². The molecular weight excluding hydrogens is 369 g/mol. The molecule has 0 N–H and O–H groups in total. The van der Waals surface area contributed by atoms with Gasteiger partial charge in [-0.3, -0.25) is 0 Å². The van der Waals surface area contributed by atoms with Crippen LogP contribution in [0.5, 0.6) is 5.88 Å². The van der Waals surface area contributed by atoms with E-state index in [1.165, 1.54) is 12.1 Å². The van der Waals surface area contributed by atoms with Crippen molar-refractivity contribution in [2.45, 2.75) is 24.9 Å². The molecule has 5 nitrogen and oxygen atoms in total. The lowest BCUT2D eigenvalue weighted by molar-refractivity contribution is -0.137. The third kappa shape index (κ3) is 3.14. The average Bonchev–Trinajstić information content (AvgIpc) is 2.94. The summed E-state index contributed by atoms with van der Waals surface area (Å²) in [6.07, 6.45) is -4.56. The Morgan fingerprint density at radius 2 is 1.77 bits per heavy atom. The third-order valence-electron chi connectivity index (χ3n) is 3.77. The van der Waals surface area contributed by atoms with Crippen LogP contribution in [-0.2, 0) is 16.2 Å². The summed E-state index contributed by atoms with van der Waals surface area (Å²) in [7, 11) is -4.08. The number of benzene rings is 2. The van der Waals surface area contributed by atoms with Crippen molar-refractivity contribution in [1.82, 2.24) is 9.19 Å². The minimum Gasteiger partial charge on any atom is -0.476 e. The summed E-state index contributed by atoms with van der Waals surface area (Å²) in [5.41, 5.74) is -0.0145. The van der Waals surface area contributed by atoms with E-state index >= 15 is 0 Å². The molecule has 2 aromatic carbocycles. The predicted octanol–water partition coefficient (Wildman–Crippen LogP) is 4.00. The van der Waals surface area contributed by atoms with Crippen LogP contribution in [0.1, 0.15) is 18.1 Å². The van der Waals surface area contributed by atoms with E-state index in [2.05, 4.69) is 5.10 Å². The molecule has 1 heterocycles. The summed E-state index contributed by atoms with van der Waals surface area (Å²) in [5, 5.41) is 3.90. The summed E-state index contributed by atoms with van der Waals surface area (Å²) in [6, 6.07) is 8.84. The van der Waals surface area contributed by atoms with Gasteiger partial charge in [0.2, 0.25) is 5.88 Å². The molecule has 0 aliphatic rings. The van der Waals surface area contributed by atoms with Gasteiger partial charge < -0.3 is 4.74 Å². The minimum atomic E-state index is -4.56. The summed E-state index contributed by atoms with van der Waals surface area (Å²) in [6.45, 7) is 3.57. The van der Waals surface area contributed by atoms with Crippen LogP contribution in [0.3, 0.4) is 0 Å². The third-order valence-corrected chi connectivity index (χ3v) is 5.37. The zero-order valence-electron chi connectivity index (χ0n) is 13.9. The molecule has 9 heteroatoms. The molecule has 0 atom stereocenters. The second-order valence-electron chi connectivity index (χ2n) is 5.63. The Morgan fingerprint density at radius 1 is 1.12 bits per heavy atom. The number of halogens is 3. The first-order chi connectivity index (χ1) is 12.1. The molecule has 1 aromatic heterocycles. The molecule has 0 saturated heterocycles. The quantitative estimate of drug-likeness (QED) is 0.682. The van der Waals surface area contributed by atoms with Crippen molar-refractivity contribution in [3.8, 4) is 5.88 Å². The Balaban J connectivity index is 2.25. The zero-order valence-corrected chi connectivity index (χ0v) is 14.7. The highest BCUT2D eigenvalue weighted by Crippen LogP contribution is 2.35. The molecule has 0 aliphatic carbocycles. The highest BCUT2D eigenvalue weighted by Gasteiger charge is 2.32. The van der Waals surface area contributed by atoms with E-state index in [1.807, 2.05) is 6.92 Å². The normalized spacial score (nSPS) is 12.5. The smallest absolute Gasteiger partial charge is 0.416 e. The van der Waals surface area contributed by atoms with Gasteiger partial charge in [-0.25, -0.2) is 0 Å². The van der Waals surface area contributed by atoms with E-state index in [4.69, 9.17) is 4.74 Å². The van der Waals surface area contributed by atoms with Gasteiger partial charge in [0.15, 0.2) is 0 Å². The lowest BCUT2D eigenvalue weighted by Gasteiger charge is -2.08. The Hall–Kier alpha value is -2.55. The number of aryl methyl sites for hydroxylation is 1. The van der Waals surface area contributed by atoms with Crippen LogP contribution in [-0.4, -0.2) is 24.2 Å². The van der Waals surface area contributed by atoms with Crippen LogP contribution in [0.15, 0.2) is 47.4 Å². The second kappa shape index (κ2) is 6.31. The van der Waals surface area contributed by atoms with Crippen molar-refractivity contribution >= 4 is 20.9 Å².